The SMILES string of the molecule is CC1C(=O)OC(=O)C12C(=O)OC(=O)C2C. The zero-order valence-corrected chi connectivity index (χ0v) is 8.10. The van der Waals surface area contributed by atoms with Crippen LogP contribution in [0.15, 0.2) is 0 Å². The Labute approximate surface area is 84.5 Å². The van der Waals surface area contributed by atoms with Gasteiger partial charge >= 0.3 is 23.9 Å². The molecule has 2 aliphatic rings. The van der Waals surface area contributed by atoms with Crippen molar-refractivity contribution in [2.24, 2.45) is 17.3 Å². The minimum Gasteiger partial charge on any atom is -0.392 e. The average molecular weight is 212 g/mol. The van der Waals surface area contributed by atoms with Gasteiger partial charge in [-0.25, -0.2) is 0 Å². The molecule has 0 bridgehead atoms. The highest BCUT2D eigenvalue weighted by Gasteiger charge is 2.70. The fraction of sp³-hybridized carbons (Fsp3) is 0.556. The Bertz CT molecular complexity index is 357. The van der Waals surface area contributed by atoms with E-state index in [4.69, 9.17) is 0 Å². The van der Waals surface area contributed by atoms with Crippen molar-refractivity contribution < 1.29 is 28.7 Å². The summed E-state index contributed by atoms with van der Waals surface area (Å²) in [5.74, 6) is -5.50. The molecule has 0 saturated carbocycles. The fourth-order valence-electron chi connectivity index (χ4n) is 2.07. The maximum absolute atomic E-state index is 11.5. The largest absolute Gasteiger partial charge is 0.392 e. The second-order valence-electron chi connectivity index (χ2n) is 3.73. The van der Waals surface area contributed by atoms with E-state index in [1.165, 1.54) is 13.8 Å². The van der Waals surface area contributed by atoms with E-state index in [0.29, 0.717) is 0 Å². The average Bonchev–Trinajstić information content (AvgIpc) is 2.50. The van der Waals surface area contributed by atoms with Crippen molar-refractivity contribution in [3.63, 3.8) is 0 Å². The number of cyclic esters (lactones) is 4. The molecule has 0 radical (unpaired) electrons. The number of carbonyl (C=O) groups is 4. The number of hydrogen-bond acceptors (Lipinski definition) is 6. The predicted molar refractivity (Wildman–Crippen MR) is 43.0 cm³/mol. The Morgan fingerprint density at radius 2 is 1.20 bits per heavy atom. The van der Waals surface area contributed by atoms with Gasteiger partial charge in [-0.3, -0.25) is 19.2 Å². The van der Waals surface area contributed by atoms with Crippen LogP contribution in [0.1, 0.15) is 13.8 Å². The van der Waals surface area contributed by atoms with Crippen molar-refractivity contribution in [2.45, 2.75) is 13.8 Å². The first kappa shape index (κ1) is 9.82. The Balaban J connectivity index is 2.58. The minimum atomic E-state index is -1.76. The van der Waals surface area contributed by atoms with Crippen molar-refractivity contribution in [3.8, 4) is 0 Å². The first-order chi connectivity index (χ1) is 6.92. The van der Waals surface area contributed by atoms with Crippen LogP contribution in [0.5, 0.6) is 0 Å². The summed E-state index contributed by atoms with van der Waals surface area (Å²) in [7, 11) is 0. The summed E-state index contributed by atoms with van der Waals surface area (Å²) < 4.78 is 8.74. The van der Waals surface area contributed by atoms with E-state index in [1.807, 2.05) is 0 Å². The molecule has 6 heteroatoms. The summed E-state index contributed by atoms with van der Waals surface area (Å²) in [6, 6.07) is 0. The first-order valence-electron chi connectivity index (χ1n) is 4.44. The third-order valence-electron chi connectivity index (χ3n) is 3.14. The number of esters is 4. The Hall–Kier alpha value is -1.72. The van der Waals surface area contributed by atoms with Gasteiger partial charge < -0.3 is 9.47 Å². The monoisotopic (exact) mass is 212 g/mol. The van der Waals surface area contributed by atoms with Crippen LogP contribution in [-0.2, 0) is 28.7 Å². The normalized spacial score (nSPS) is 39.9. The highest BCUT2D eigenvalue weighted by atomic mass is 16.6. The minimum absolute atomic E-state index is 0.793. The Kier molecular flexibility index (Phi) is 1.74. The highest BCUT2D eigenvalue weighted by molar-refractivity contribution is 6.18. The second-order valence-corrected chi connectivity index (χ2v) is 3.73. The molecule has 2 atom stereocenters. The second kappa shape index (κ2) is 2.65. The third-order valence-corrected chi connectivity index (χ3v) is 3.14. The van der Waals surface area contributed by atoms with E-state index >= 15 is 0 Å². The lowest BCUT2D eigenvalue weighted by atomic mass is 9.70. The van der Waals surface area contributed by atoms with Gasteiger partial charge in [0, 0.05) is 0 Å². The van der Waals surface area contributed by atoms with Crippen LogP contribution in [0.4, 0.5) is 0 Å². The maximum atomic E-state index is 11.5. The summed E-state index contributed by atoms with van der Waals surface area (Å²) in [5, 5.41) is 0. The molecule has 15 heavy (non-hydrogen) atoms. The van der Waals surface area contributed by atoms with Gasteiger partial charge in [0.15, 0.2) is 5.41 Å². The standard InChI is InChI=1S/C9H8O6/c1-3-5(10)14-7(12)9(3)4(2)6(11)15-8(9)13/h3-4H,1-2H3. The van der Waals surface area contributed by atoms with Gasteiger partial charge in [0.05, 0.1) is 11.8 Å². The van der Waals surface area contributed by atoms with Gasteiger partial charge in [-0.05, 0) is 0 Å². The van der Waals surface area contributed by atoms with Crippen molar-refractivity contribution in [3.05, 3.63) is 0 Å². The van der Waals surface area contributed by atoms with Crippen molar-refractivity contribution in [1.82, 2.24) is 0 Å². The van der Waals surface area contributed by atoms with Gasteiger partial charge in [0.25, 0.3) is 0 Å². The summed E-state index contributed by atoms with van der Waals surface area (Å²) >= 11 is 0. The molecule has 2 fully saturated rings. The maximum Gasteiger partial charge on any atom is 0.332 e. The first-order valence-corrected chi connectivity index (χ1v) is 4.44. The van der Waals surface area contributed by atoms with Crippen molar-refractivity contribution in [1.29, 1.82) is 0 Å². The topological polar surface area (TPSA) is 86.7 Å². The molecule has 1 spiro atoms. The zero-order chi connectivity index (χ0) is 11.4. The van der Waals surface area contributed by atoms with Crippen LogP contribution >= 0.6 is 0 Å². The Morgan fingerprint density at radius 3 is 1.40 bits per heavy atom. The van der Waals surface area contributed by atoms with E-state index in [9.17, 15) is 19.2 Å². The number of ether oxygens (including phenoxy) is 2. The van der Waals surface area contributed by atoms with E-state index in [2.05, 4.69) is 9.47 Å². The van der Waals surface area contributed by atoms with Crippen molar-refractivity contribution in [2.75, 3.05) is 0 Å². The summed E-state index contributed by atoms with van der Waals surface area (Å²) in [6.45, 7) is 2.76. The molecule has 0 aliphatic carbocycles. The molecule has 0 aromatic carbocycles. The van der Waals surface area contributed by atoms with Crippen LogP contribution in [0.3, 0.4) is 0 Å². The molecular weight excluding hydrogens is 204 g/mol. The zero-order valence-electron chi connectivity index (χ0n) is 8.10. The van der Waals surface area contributed by atoms with E-state index < -0.39 is 41.1 Å². The lowest BCUT2D eigenvalue weighted by Crippen LogP contribution is -2.42. The molecule has 2 unspecified atom stereocenters. The molecule has 2 heterocycles. The lowest BCUT2D eigenvalue weighted by molar-refractivity contribution is -0.160. The van der Waals surface area contributed by atoms with Gasteiger partial charge in [0.2, 0.25) is 0 Å². The van der Waals surface area contributed by atoms with Gasteiger partial charge in [-0.2, -0.15) is 0 Å². The molecule has 0 aromatic heterocycles. The number of hydrogen-bond donors (Lipinski definition) is 0. The lowest BCUT2D eigenvalue weighted by Gasteiger charge is -2.19. The summed E-state index contributed by atoms with van der Waals surface area (Å²) in [5.41, 5.74) is -1.76. The molecule has 0 N–H and O–H groups in total. The van der Waals surface area contributed by atoms with Gasteiger partial charge in [-0.15, -0.1) is 0 Å². The molecule has 2 aliphatic heterocycles. The molecule has 0 amide bonds. The predicted octanol–water partition coefficient (Wildman–Crippen LogP) is -0.588. The summed E-state index contributed by atoms with van der Waals surface area (Å²) in [6.07, 6.45) is 0. The van der Waals surface area contributed by atoms with E-state index in [0.717, 1.165) is 0 Å². The van der Waals surface area contributed by atoms with E-state index in [1.54, 1.807) is 0 Å². The highest BCUT2D eigenvalue weighted by Crippen LogP contribution is 2.48. The van der Waals surface area contributed by atoms with Gasteiger partial charge in [-0.1, -0.05) is 13.8 Å². The molecular formula is C9H8O6. The quantitative estimate of drug-likeness (QED) is 0.394. The van der Waals surface area contributed by atoms with E-state index in [-0.39, 0.29) is 0 Å². The molecule has 80 valence electrons. The third kappa shape index (κ3) is 0.886. The molecule has 2 saturated heterocycles. The fourth-order valence-corrected chi connectivity index (χ4v) is 2.07. The number of carbonyl (C=O) groups excluding carboxylic acids is 4. The van der Waals surface area contributed by atoms with Crippen LogP contribution < -0.4 is 0 Å². The smallest absolute Gasteiger partial charge is 0.332 e. The van der Waals surface area contributed by atoms with Crippen LogP contribution in [0, 0.1) is 17.3 Å². The van der Waals surface area contributed by atoms with Crippen LogP contribution in [0.25, 0.3) is 0 Å². The molecule has 0 aromatic rings. The van der Waals surface area contributed by atoms with Gasteiger partial charge in [0.1, 0.15) is 0 Å². The van der Waals surface area contributed by atoms with Crippen LogP contribution in [0.2, 0.25) is 0 Å². The van der Waals surface area contributed by atoms with Crippen molar-refractivity contribution >= 4 is 23.9 Å². The Morgan fingerprint density at radius 1 is 0.867 bits per heavy atom. The molecule has 2 rings (SSSR count). The summed E-state index contributed by atoms with van der Waals surface area (Å²) in [4.78, 5) is 45.3. The van der Waals surface area contributed by atoms with Crippen LogP contribution in [-0.4, -0.2) is 23.9 Å². The number of rotatable bonds is 0. The molecule has 6 nitrogen and oxygen atoms in total.